The van der Waals surface area contributed by atoms with Crippen molar-refractivity contribution in [2.75, 3.05) is 0 Å². The Balaban J connectivity index is 2.12. The number of benzene rings is 2. The SMILES string of the molecule is C[n+]1cc(P(=O)([O-])Oc2ccccc2)c2ccccc2n1. The molecule has 0 amide bonds. The Bertz CT molecular complexity index is 837. The molecule has 106 valence electrons. The lowest BCUT2D eigenvalue weighted by molar-refractivity contribution is -0.727. The molecular formula is C15H13N2O3P. The largest absolute Gasteiger partial charge is 0.765 e. The summed E-state index contributed by atoms with van der Waals surface area (Å²) in [6.07, 6.45) is 1.46. The van der Waals surface area contributed by atoms with E-state index in [0.717, 1.165) is 0 Å². The van der Waals surface area contributed by atoms with Crippen LogP contribution in [0.4, 0.5) is 0 Å². The van der Waals surface area contributed by atoms with Crippen LogP contribution in [0.25, 0.3) is 10.9 Å². The number of aryl methyl sites for hydroxylation is 1. The van der Waals surface area contributed by atoms with Crippen LogP contribution in [0.15, 0.2) is 60.8 Å². The van der Waals surface area contributed by atoms with E-state index in [1.54, 1.807) is 55.6 Å². The van der Waals surface area contributed by atoms with Crippen molar-refractivity contribution in [2.45, 2.75) is 0 Å². The molecule has 0 N–H and O–H groups in total. The minimum absolute atomic E-state index is 0.124. The van der Waals surface area contributed by atoms with Gasteiger partial charge in [0.25, 0.3) is 0 Å². The third-order valence-electron chi connectivity index (χ3n) is 3.02. The van der Waals surface area contributed by atoms with Crippen LogP contribution >= 0.6 is 7.60 Å². The summed E-state index contributed by atoms with van der Waals surface area (Å²) >= 11 is 0. The van der Waals surface area contributed by atoms with Crippen molar-refractivity contribution in [3.05, 3.63) is 60.8 Å². The molecule has 0 radical (unpaired) electrons. The second kappa shape index (κ2) is 5.28. The van der Waals surface area contributed by atoms with Gasteiger partial charge in [0.1, 0.15) is 16.6 Å². The minimum atomic E-state index is -4.25. The molecule has 0 aliphatic heterocycles. The molecule has 5 nitrogen and oxygen atoms in total. The fourth-order valence-corrected chi connectivity index (χ4v) is 3.40. The molecule has 0 saturated carbocycles. The number of rotatable bonds is 3. The Morgan fingerprint density at radius 1 is 1.10 bits per heavy atom. The van der Waals surface area contributed by atoms with E-state index in [-0.39, 0.29) is 5.30 Å². The van der Waals surface area contributed by atoms with E-state index in [1.807, 2.05) is 6.07 Å². The molecule has 2 aromatic carbocycles. The van der Waals surface area contributed by atoms with Gasteiger partial charge in [-0.2, -0.15) is 0 Å². The van der Waals surface area contributed by atoms with Gasteiger partial charge in [-0.15, -0.1) is 0 Å². The number of para-hydroxylation sites is 1. The highest BCUT2D eigenvalue weighted by molar-refractivity contribution is 7.60. The molecule has 1 unspecified atom stereocenters. The maximum absolute atomic E-state index is 12.5. The van der Waals surface area contributed by atoms with Crippen LogP contribution < -0.4 is 19.4 Å². The predicted molar refractivity (Wildman–Crippen MR) is 77.2 cm³/mol. The van der Waals surface area contributed by atoms with Gasteiger partial charge in [0.2, 0.25) is 13.8 Å². The molecule has 3 aromatic rings. The smallest absolute Gasteiger partial charge is 0.220 e. The summed E-state index contributed by atoms with van der Waals surface area (Å²) in [6.45, 7) is 0. The molecule has 0 bridgehead atoms. The zero-order valence-corrected chi connectivity index (χ0v) is 12.2. The fourth-order valence-electron chi connectivity index (χ4n) is 2.11. The molecule has 1 heterocycles. The number of nitrogens with zero attached hydrogens (tertiary/aromatic N) is 2. The average molecular weight is 300 g/mol. The molecule has 0 aliphatic carbocycles. The van der Waals surface area contributed by atoms with Gasteiger partial charge in [0.15, 0.2) is 7.05 Å². The number of hydrogen-bond donors (Lipinski definition) is 0. The zero-order valence-electron chi connectivity index (χ0n) is 11.3. The van der Waals surface area contributed by atoms with E-state index in [9.17, 15) is 9.46 Å². The topological polar surface area (TPSA) is 66.1 Å². The molecule has 1 aromatic heterocycles. The van der Waals surface area contributed by atoms with Crippen LogP contribution in [-0.4, -0.2) is 5.10 Å². The summed E-state index contributed by atoms with van der Waals surface area (Å²) in [5.41, 5.74) is 0.602. The summed E-state index contributed by atoms with van der Waals surface area (Å²) in [5, 5.41) is 4.93. The Morgan fingerprint density at radius 3 is 2.52 bits per heavy atom. The van der Waals surface area contributed by atoms with Crippen LogP contribution in [-0.2, 0) is 11.6 Å². The molecule has 0 aliphatic rings. The van der Waals surface area contributed by atoms with Gasteiger partial charge in [-0.1, -0.05) is 41.1 Å². The van der Waals surface area contributed by atoms with E-state index in [0.29, 0.717) is 16.7 Å². The second-order valence-electron chi connectivity index (χ2n) is 4.61. The van der Waals surface area contributed by atoms with E-state index >= 15 is 0 Å². The molecule has 21 heavy (non-hydrogen) atoms. The van der Waals surface area contributed by atoms with Crippen molar-refractivity contribution < 1.29 is 18.7 Å². The van der Waals surface area contributed by atoms with E-state index in [4.69, 9.17) is 4.52 Å². The summed E-state index contributed by atoms with van der Waals surface area (Å²) in [4.78, 5) is 12.5. The quantitative estimate of drug-likeness (QED) is 0.540. The molecule has 6 heteroatoms. The highest BCUT2D eigenvalue weighted by Gasteiger charge is 2.22. The standard InChI is InChI=1S/C15H13N2O3P/c1-17-11-15(13-9-5-6-10-14(13)16-17)21(18,19)20-12-7-3-2-4-8-12/h2-11H,1H3. The number of aromatic nitrogens is 2. The van der Waals surface area contributed by atoms with Gasteiger partial charge in [-0.3, -0.25) is 4.57 Å². The normalized spacial score (nSPS) is 13.8. The Morgan fingerprint density at radius 2 is 1.76 bits per heavy atom. The summed E-state index contributed by atoms with van der Waals surface area (Å²) in [7, 11) is -2.57. The minimum Gasteiger partial charge on any atom is -0.765 e. The van der Waals surface area contributed by atoms with Crippen LogP contribution in [0.3, 0.4) is 0 Å². The van der Waals surface area contributed by atoms with Crippen molar-refractivity contribution in [1.29, 1.82) is 0 Å². The molecular weight excluding hydrogens is 287 g/mol. The first-order chi connectivity index (χ1) is 10.1. The van der Waals surface area contributed by atoms with Gasteiger partial charge in [-0.25, -0.2) is 0 Å². The van der Waals surface area contributed by atoms with E-state index in [2.05, 4.69) is 5.10 Å². The Kier molecular flexibility index (Phi) is 3.45. The fraction of sp³-hybridized carbons (Fsp3) is 0.0667. The van der Waals surface area contributed by atoms with E-state index in [1.165, 1.54) is 10.9 Å². The van der Waals surface area contributed by atoms with Gasteiger partial charge in [0.05, 0.1) is 0 Å². The van der Waals surface area contributed by atoms with Crippen molar-refractivity contribution in [3.8, 4) is 5.75 Å². The Hall–Kier alpha value is -2.23. The molecule has 1 atom stereocenters. The van der Waals surface area contributed by atoms with Crippen molar-refractivity contribution in [2.24, 2.45) is 7.05 Å². The summed E-state index contributed by atoms with van der Waals surface area (Å²) in [5.74, 6) is 0.291. The summed E-state index contributed by atoms with van der Waals surface area (Å²) in [6, 6.07) is 15.5. The van der Waals surface area contributed by atoms with Crippen LogP contribution in [0.1, 0.15) is 0 Å². The zero-order chi connectivity index (χ0) is 14.9. The van der Waals surface area contributed by atoms with Crippen molar-refractivity contribution in [3.63, 3.8) is 0 Å². The predicted octanol–water partition coefficient (Wildman–Crippen LogP) is 1.32. The average Bonchev–Trinajstić information content (AvgIpc) is 2.47. The first-order valence-corrected chi connectivity index (χ1v) is 7.92. The lowest BCUT2D eigenvalue weighted by Gasteiger charge is -2.23. The maximum atomic E-state index is 12.5. The monoisotopic (exact) mass is 300 g/mol. The molecule has 3 rings (SSSR count). The lowest BCUT2D eigenvalue weighted by atomic mass is 10.2. The van der Waals surface area contributed by atoms with Crippen LogP contribution in [0.5, 0.6) is 5.75 Å². The summed E-state index contributed by atoms with van der Waals surface area (Å²) < 4.78 is 19.2. The van der Waals surface area contributed by atoms with E-state index < -0.39 is 7.60 Å². The molecule has 0 spiro atoms. The molecule has 0 saturated heterocycles. The van der Waals surface area contributed by atoms with Gasteiger partial charge in [0, 0.05) is 5.39 Å². The van der Waals surface area contributed by atoms with Crippen LogP contribution in [0, 0.1) is 0 Å². The third-order valence-corrected chi connectivity index (χ3v) is 4.42. The van der Waals surface area contributed by atoms with Gasteiger partial charge < -0.3 is 9.42 Å². The van der Waals surface area contributed by atoms with Gasteiger partial charge >= 0.3 is 0 Å². The number of fused-ring (bicyclic) bond motifs is 1. The first-order valence-electron chi connectivity index (χ1n) is 6.38. The van der Waals surface area contributed by atoms with Crippen molar-refractivity contribution >= 4 is 23.8 Å². The van der Waals surface area contributed by atoms with Gasteiger partial charge in [-0.05, 0) is 23.3 Å². The van der Waals surface area contributed by atoms with Crippen molar-refractivity contribution in [1.82, 2.24) is 5.10 Å². The van der Waals surface area contributed by atoms with Crippen LogP contribution in [0.2, 0.25) is 0 Å². The first kappa shape index (κ1) is 13.7. The lowest BCUT2D eigenvalue weighted by Crippen LogP contribution is -2.38. The third kappa shape index (κ3) is 2.79. The Labute approximate surface area is 122 Å². The second-order valence-corrected chi connectivity index (χ2v) is 6.27. The maximum Gasteiger partial charge on any atom is 0.220 e. The number of hydrogen-bond acceptors (Lipinski definition) is 4. The molecule has 0 fully saturated rings. The highest BCUT2D eigenvalue weighted by Crippen LogP contribution is 2.38. The highest BCUT2D eigenvalue weighted by atomic mass is 31.2.